The predicted octanol–water partition coefficient (Wildman–Crippen LogP) is 2.81. The van der Waals surface area contributed by atoms with Crippen LogP contribution in [0.2, 0.25) is 0 Å². The molecule has 1 aliphatic rings. The Morgan fingerprint density at radius 1 is 1.42 bits per heavy atom. The Hall–Kier alpha value is -1.65. The molecule has 1 saturated carbocycles. The highest BCUT2D eigenvalue weighted by molar-refractivity contribution is 5.95. The molecule has 2 rings (SSSR count). The van der Waals surface area contributed by atoms with E-state index < -0.39 is 23.1 Å². The number of hydrogen-bond donors (Lipinski definition) is 1. The SMILES string of the molecule is CCCN(CC1CC1)C(=O)c1c(F)ccc(N)c1F. The molecule has 19 heavy (non-hydrogen) atoms. The highest BCUT2D eigenvalue weighted by atomic mass is 19.1. The third kappa shape index (κ3) is 3.03. The Balaban J connectivity index is 2.27. The fourth-order valence-corrected chi connectivity index (χ4v) is 2.08. The minimum absolute atomic E-state index is 0.201. The summed E-state index contributed by atoms with van der Waals surface area (Å²) >= 11 is 0. The van der Waals surface area contributed by atoms with Crippen LogP contribution in [0.4, 0.5) is 14.5 Å². The fourth-order valence-electron chi connectivity index (χ4n) is 2.08. The normalized spacial score (nSPS) is 14.5. The van der Waals surface area contributed by atoms with Gasteiger partial charge >= 0.3 is 0 Å². The minimum atomic E-state index is -0.957. The lowest BCUT2D eigenvalue weighted by atomic mass is 10.1. The number of rotatable bonds is 5. The Bertz CT molecular complexity index is 487. The summed E-state index contributed by atoms with van der Waals surface area (Å²) in [4.78, 5) is 13.8. The molecule has 0 aliphatic heterocycles. The van der Waals surface area contributed by atoms with Gasteiger partial charge in [0.25, 0.3) is 5.91 Å². The number of hydrogen-bond acceptors (Lipinski definition) is 2. The van der Waals surface area contributed by atoms with Crippen molar-refractivity contribution in [2.24, 2.45) is 5.92 Å². The van der Waals surface area contributed by atoms with Crippen LogP contribution >= 0.6 is 0 Å². The van der Waals surface area contributed by atoms with E-state index in [1.807, 2.05) is 6.92 Å². The van der Waals surface area contributed by atoms with Crippen LogP contribution < -0.4 is 5.73 Å². The van der Waals surface area contributed by atoms with Crippen molar-refractivity contribution in [1.82, 2.24) is 4.90 Å². The van der Waals surface area contributed by atoms with Gasteiger partial charge in [0.05, 0.1) is 5.69 Å². The molecule has 0 saturated heterocycles. The first-order chi connectivity index (χ1) is 9.04. The van der Waals surface area contributed by atoms with Gasteiger partial charge in [0.2, 0.25) is 0 Å². The maximum absolute atomic E-state index is 13.9. The molecular formula is C14H18F2N2O. The number of halogens is 2. The van der Waals surface area contributed by atoms with E-state index in [2.05, 4.69) is 0 Å². The van der Waals surface area contributed by atoms with Crippen LogP contribution in [-0.2, 0) is 0 Å². The van der Waals surface area contributed by atoms with E-state index in [0.717, 1.165) is 31.4 Å². The van der Waals surface area contributed by atoms with Gasteiger partial charge in [-0.3, -0.25) is 4.79 Å². The standard InChI is InChI=1S/C14H18F2N2O/c1-2-7-18(8-9-3-4-9)14(19)12-10(15)5-6-11(17)13(12)16/h5-6,9H,2-4,7-8,17H2,1H3. The number of amides is 1. The monoisotopic (exact) mass is 268 g/mol. The van der Waals surface area contributed by atoms with Gasteiger partial charge in [-0.25, -0.2) is 8.78 Å². The van der Waals surface area contributed by atoms with E-state index in [1.54, 1.807) is 0 Å². The summed E-state index contributed by atoms with van der Waals surface area (Å²) in [5.74, 6) is -1.94. The summed E-state index contributed by atoms with van der Waals surface area (Å²) in [6, 6.07) is 2.17. The second-order valence-electron chi connectivity index (χ2n) is 5.02. The maximum Gasteiger partial charge on any atom is 0.259 e. The van der Waals surface area contributed by atoms with Gasteiger partial charge in [0.1, 0.15) is 11.4 Å². The Morgan fingerprint density at radius 3 is 2.68 bits per heavy atom. The molecule has 0 aromatic heterocycles. The molecule has 1 aromatic carbocycles. The van der Waals surface area contributed by atoms with Crippen LogP contribution in [0.1, 0.15) is 36.5 Å². The van der Waals surface area contributed by atoms with Crippen molar-refractivity contribution in [3.63, 3.8) is 0 Å². The highest BCUT2D eigenvalue weighted by Crippen LogP contribution is 2.31. The van der Waals surface area contributed by atoms with Crippen molar-refractivity contribution < 1.29 is 13.6 Å². The molecule has 1 aliphatic carbocycles. The summed E-state index contributed by atoms with van der Waals surface area (Å²) in [5.41, 5.74) is 4.67. The van der Waals surface area contributed by atoms with Gasteiger partial charge in [-0.15, -0.1) is 0 Å². The molecule has 1 amide bonds. The first kappa shape index (κ1) is 13.8. The quantitative estimate of drug-likeness (QED) is 0.835. The minimum Gasteiger partial charge on any atom is -0.396 e. The number of anilines is 1. The number of nitrogens with two attached hydrogens (primary N) is 1. The van der Waals surface area contributed by atoms with Crippen molar-refractivity contribution in [2.75, 3.05) is 18.8 Å². The second kappa shape index (κ2) is 5.55. The summed E-state index contributed by atoms with van der Waals surface area (Å²) in [6.45, 7) is 3.00. The van der Waals surface area contributed by atoms with Gasteiger partial charge in [0, 0.05) is 13.1 Å². The smallest absolute Gasteiger partial charge is 0.259 e. The molecule has 104 valence electrons. The van der Waals surface area contributed by atoms with Crippen LogP contribution in [0.3, 0.4) is 0 Å². The largest absolute Gasteiger partial charge is 0.396 e. The third-order valence-corrected chi connectivity index (χ3v) is 3.29. The average molecular weight is 268 g/mol. The van der Waals surface area contributed by atoms with Gasteiger partial charge in [-0.1, -0.05) is 6.92 Å². The van der Waals surface area contributed by atoms with E-state index in [4.69, 9.17) is 5.73 Å². The van der Waals surface area contributed by atoms with E-state index in [0.29, 0.717) is 19.0 Å². The lowest BCUT2D eigenvalue weighted by Crippen LogP contribution is -2.35. The van der Waals surface area contributed by atoms with E-state index in [9.17, 15) is 13.6 Å². The molecule has 5 heteroatoms. The Kier molecular flexibility index (Phi) is 4.02. The van der Waals surface area contributed by atoms with Crippen molar-refractivity contribution in [2.45, 2.75) is 26.2 Å². The van der Waals surface area contributed by atoms with Crippen LogP contribution in [0, 0.1) is 17.6 Å². The molecule has 0 bridgehead atoms. The molecule has 3 nitrogen and oxygen atoms in total. The zero-order valence-electron chi connectivity index (χ0n) is 11.0. The third-order valence-electron chi connectivity index (χ3n) is 3.29. The lowest BCUT2D eigenvalue weighted by Gasteiger charge is -2.22. The first-order valence-corrected chi connectivity index (χ1v) is 6.57. The Morgan fingerprint density at radius 2 is 2.11 bits per heavy atom. The van der Waals surface area contributed by atoms with E-state index >= 15 is 0 Å². The summed E-state index contributed by atoms with van der Waals surface area (Å²) < 4.78 is 27.5. The summed E-state index contributed by atoms with van der Waals surface area (Å²) in [7, 11) is 0. The predicted molar refractivity (Wildman–Crippen MR) is 69.7 cm³/mol. The first-order valence-electron chi connectivity index (χ1n) is 6.57. The Labute approximate surface area is 111 Å². The molecule has 0 heterocycles. The van der Waals surface area contributed by atoms with Crippen molar-refractivity contribution in [3.05, 3.63) is 29.3 Å². The molecule has 0 radical (unpaired) electrons. The van der Waals surface area contributed by atoms with Crippen LogP contribution in [0.15, 0.2) is 12.1 Å². The molecule has 1 aromatic rings. The molecule has 1 fully saturated rings. The van der Waals surface area contributed by atoms with Gasteiger partial charge in [0.15, 0.2) is 5.82 Å². The number of carbonyl (C=O) groups is 1. The lowest BCUT2D eigenvalue weighted by molar-refractivity contribution is 0.0738. The molecular weight excluding hydrogens is 250 g/mol. The summed E-state index contributed by atoms with van der Waals surface area (Å²) in [5, 5.41) is 0. The van der Waals surface area contributed by atoms with Crippen molar-refractivity contribution in [3.8, 4) is 0 Å². The number of benzene rings is 1. The molecule has 0 atom stereocenters. The van der Waals surface area contributed by atoms with Gasteiger partial charge < -0.3 is 10.6 Å². The number of nitrogen functional groups attached to an aromatic ring is 1. The maximum atomic E-state index is 13.9. The second-order valence-corrected chi connectivity index (χ2v) is 5.02. The topological polar surface area (TPSA) is 46.3 Å². The number of carbonyl (C=O) groups excluding carboxylic acids is 1. The zero-order valence-corrected chi connectivity index (χ0v) is 11.0. The molecule has 0 unspecified atom stereocenters. The molecule has 2 N–H and O–H groups in total. The number of nitrogens with zero attached hydrogens (tertiary/aromatic N) is 1. The zero-order chi connectivity index (χ0) is 14.0. The van der Waals surface area contributed by atoms with Crippen LogP contribution in [-0.4, -0.2) is 23.9 Å². The van der Waals surface area contributed by atoms with E-state index in [1.165, 1.54) is 4.90 Å². The van der Waals surface area contributed by atoms with Gasteiger partial charge in [-0.2, -0.15) is 0 Å². The van der Waals surface area contributed by atoms with Crippen LogP contribution in [0.25, 0.3) is 0 Å². The van der Waals surface area contributed by atoms with Crippen molar-refractivity contribution >= 4 is 11.6 Å². The fraction of sp³-hybridized carbons (Fsp3) is 0.500. The summed E-state index contributed by atoms with van der Waals surface area (Å²) in [6.07, 6.45) is 2.91. The highest BCUT2D eigenvalue weighted by Gasteiger charge is 2.29. The van der Waals surface area contributed by atoms with E-state index in [-0.39, 0.29) is 5.69 Å². The van der Waals surface area contributed by atoms with Gasteiger partial charge in [-0.05, 0) is 37.3 Å². The average Bonchev–Trinajstić information content (AvgIpc) is 3.18. The molecule has 0 spiro atoms. The van der Waals surface area contributed by atoms with Crippen molar-refractivity contribution in [1.29, 1.82) is 0 Å². The van der Waals surface area contributed by atoms with Crippen LogP contribution in [0.5, 0.6) is 0 Å².